The summed E-state index contributed by atoms with van der Waals surface area (Å²) >= 11 is 0. The number of benzene rings is 1. The average Bonchev–Trinajstić information content (AvgIpc) is 2.94. The molecular formula is C13H16FN5O2. The molecule has 1 aromatic rings. The third kappa shape index (κ3) is 3.02. The van der Waals surface area contributed by atoms with Crippen LogP contribution in [0.25, 0.3) is 0 Å². The maximum Gasteiger partial charge on any atom is 0.234 e. The predicted octanol–water partition coefficient (Wildman–Crippen LogP) is -1.02. The van der Waals surface area contributed by atoms with Crippen molar-refractivity contribution in [1.29, 1.82) is 0 Å². The van der Waals surface area contributed by atoms with Gasteiger partial charge in [-0.05, 0) is 17.7 Å². The number of hydrazine groups is 1. The van der Waals surface area contributed by atoms with Crippen molar-refractivity contribution in [2.24, 2.45) is 10.9 Å². The number of aliphatic hydroxyl groups is 1. The summed E-state index contributed by atoms with van der Waals surface area (Å²) in [4.78, 5) is 16.0. The van der Waals surface area contributed by atoms with E-state index >= 15 is 0 Å². The van der Waals surface area contributed by atoms with Crippen LogP contribution in [0.3, 0.4) is 0 Å². The minimum absolute atomic E-state index is 0.0685. The molecule has 2 aliphatic rings. The lowest BCUT2D eigenvalue weighted by molar-refractivity contribution is -0.124. The van der Waals surface area contributed by atoms with Crippen LogP contribution in [-0.4, -0.2) is 36.2 Å². The van der Waals surface area contributed by atoms with Crippen molar-refractivity contribution in [1.82, 2.24) is 21.5 Å². The van der Waals surface area contributed by atoms with Gasteiger partial charge in [-0.1, -0.05) is 12.1 Å². The Morgan fingerprint density at radius 3 is 2.90 bits per heavy atom. The first-order chi connectivity index (χ1) is 10.1. The molecule has 0 radical (unpaired) electrons. The molecule has 2 heterocycles. The molecule has 3 rings (SSSR count). The number of carbonyl (C=O) groups is 1. The monoisotopic (exact) mass is 293 g/mol. The van der Waals surface area contributed by atoms with E-state index in [0.29, 0.717) is 18.1 Å². The zero-order valence-corrected chi connectivity index (χ0v) is 11.1. The topological polar surface area (TPSA) is 97.8 Å². The van der Waals surface area contributed by atoms with Gasteiger partial charge in [0.2, 0.25) is 5.91 Å². The highest BCUT2D eigenvalue weighted by atomic mass is 19.1. The molecule has 1 amide bonds. The number of halogens is 1. The van der Waals surface area contributed by atoms with Gasteiger partial charge in [-0.3, -0.25) is 15.5 Å². The number of guanidine groups is 1. The molecule has 5 N–H and O–H groups in total. The quantitative estimate of drug-likeness (QED) is 0.492. The minimum atomic E-state index is -0.857. The molecule has 0 aliphatic carbocycles. The Morgan fingerprint density at radius 1 is 1.38 bits per heavy atom. The maximum atomic E-state index is 12.8. The number of fused-ring (bicyclic) bond motifs is 1. The van der Waals surface area contributed by atoms with Crippen molar-refractivity contribution in [2.75, 3.05) is 13.1 Å². The first-order valence-electron chi connectivity index (χ1n) is 6.67. The highest BCUT2D eigenvalue weighted by molar-refractivity contribution is 6.01. The van der Waals surface area contributed by atoms with Crippen molar-refractivity contribution in [3.63, 3.8) is 0 Å². The zero-order chi connectivity index (χ0) is 14.8. The number of hydrogen-bond acceptors (Lipinski definition) is 5. The molecule has 2 fully saturated rings. The van der Waals surface area contributed by atoms with Gasteiger partial charge in [-0.25, -0.2) is 14.8 Å². The molecule has 0 aromatic heterocycles. The molecule has 1 aromatic carbocycles. The molecule has 8 heteroatoms. The second-order valence-corrected chi connectivity index (χ2v) is 5.00. The lowest BCUT2D eigenvalue weighted by atomic mass is 10.1. The number of aliphatic imine (C=N–C) groups is 1. The summed E-state index contributed by atoms with van der Waals surface area (Å²) in [5.74, 6) is -0.347. The maximum absolute atomic E-state index is 12.8. The Labute approximate surface area is 120 Å². The normalized spacial score (nSPS) is 27.9. The Hall–Kier alpha value is -2.03. The second kappa shape index (κ2) is 5.76. The van der Waals surface area contributed by atoms with Crippen LogP contribution in [-0.2, 0) is 4.79 Å². The van der Waals surface area contributed by atoms with E-state index in [1.807, 2.05) is 0 Å². The average molecular weight is 293 g/mol. The van der Waals surface area contributed by atoms with Gasteiger partial charge in [0.25, 0.3) is 0 Å². The zero-order valence-electron chi connectivity index (χ0n) is 11.1. The van der Waals surface area contributed by atoms with E-state index in [9.17, 15) is 14.3 Å². The van der Waals surface area contributed by atoms with Crippen molar-refractivity contribution in [2.45, 2.75) is 12.3 Å². The number of aliphatic hydroxyl groups excluding tert-OH is 1. The Morgan fingerprint density at radius 2 is 2.14 bits per heavy atom. The number of rotatable bonds is 3. The third-order valence-corrected chi connectivity index (χ3v) is 3.53. The van der Waals surface area contributed by atoms with Gasteiger partial charge in [-0.2, -0.15) is 0 Å². The van der Waals surface area contributed by atoms with Gasteiger partial charge < -0.3 is 10.4 Å². The molecule has 3 atom stereocenters. The molecule has 2 saturated heterocycles. The van der Waals surface area contributed by atoms with Gasteiger partial charge in [0.05, 0.1) is 18.6 Å². The molecular weight excluding hydrogens is 277 g/mol. The molecule has 3 unspecified atom stereocenters. The van der Waals surface area contributed by atoms with Crippen molar-refractivity contribution < 1.29 is 14.3 Å². The predicted molar refractivity (Wildman–Crippen MR) is 73.4 cm³/mol. The van der Waals surface area contributed by atoms with Gasteiger partial charge in [-0.15, -0.1) is 0 Å². The smallest absolute Gasteiger partial charge is 0.234 e. The Balaban J connectivity index is 1.63. The lowest BCUT2D eigenvalue weighted by Gasteiger charge is -2.27. The Bertz CT molecular complexity index is 562. The van der Waals surface area contributed by atoms with Crippen LogP contribution in [0.1, 0.15) is 11.7 Å². The van der Waals surface area contributed by atoms with E-state index in [4.69, 9.17) is 0 Å². The highest BCUT2D eigenvalue weighted by Gasteiger charge is 2.37. The van der Waals surface area contributed by atoms with Crippen LogP contribution in [0, 0.1) is 11.7 Å². The molecule has 0 spiro atoms. The van der Waals surface area contributed by atoms with Crippen LogP contribution in [0.15, 0.2) is 29.3 Å². The van der Waals surface area contributed by atoms with Crippen LogP contribution in [0.4, 0.5) is 4.39 Å². The van der Waals surface area contributed by atoms with E-state index in [-0.39, 0.29) is 30.4 Å². The number of carbonyl (C=O) groups excluding carboxylic acids is 1. The molecule has 0 saturated carbocycles. The minimum Gasteiger partial charge on any atom is -0.386 e. The summed E-state index contributed by atoms with van der Waals surface area (Å²) in [6.07, 6.45) is -1.07. The van der Waals surface area contributed by atoms with Crippen molar-refractivity contribution in [3.05, 3.63) is 35.6 Å². The largest absolute Gasteiger partial charge is 0.386 e. The number of nitrogens with one attached hydrogen (secondary N) is 4. The summed E-state index contributed by atoms with van der Waals surface area (Å²) in [7, 11) is 0. The first kappa shape index (κ1) is 13.9. The number of hydrogen-bond donors (Lipinski definition) is 5. The fraction of sp³-hybridized carbons (Fsp3) is 0.385. The molecule has 7 nitrogen and oxygen atoms in total. The number of nitrogens with zero attached hydrogens (tertiary/aromatic N) is 1. The molecule has 21 heavy (non-hydrogen) atoms. The van der Waals surface area contributed by atoms with E-state index in [2.05, 4.69) is 26.5 Å². The van der Waals surface area contributed by atoms with Gasteiger partial charge in [0, 0.05) is 6.54 Å². The fourth-order valence-electron chi connectivity index (χ4n) is 2.32. The molecule has 2 aliphatic heterocycles. The van der Waals surface area contributed by atoms with E-state index in [0.717, 1.165) is 0 Å². The second-order valence-electron chi connectivity index (χ2n) is 5.00. The number of amides is 1. The van der Waals surface area contributed by atoms with Gasteiger partial charge >= 0.3 is 0 Å². The van der Waals surface area contributed by atoms with Crippen LogP contribution < -0.4 is 21.5 Å². The standard InChI is InChI=1S/C13H16FN5O2/c14-8-3-1-7(2-4-8)10(20)6-15-13-17-11-9(5-16-19-11)12(21)18-13/h1-4,9-11,16,19-20H,5-6H2,(H2,15,17,18,21). The molecule has 112 valence electrons. The van der Waals surface area contributed by atoms with Gasteiger partial charge in [0.15, 0.2) is 5.96 Å². The van der Waals surface area contributed by atoms with Crippen molar-refractivity contribution in [3.8, 4) is 0 Å². The summed E-state index contributed by atoms with van der Waals surface area (Å²) in [5, 5.41) is 15.7. The highest BCUT2D eigenvalue weighted by Crippen LogP contribution is 2.14. The summed E-state index contributed by atoms with van der Waals surface area (Å²) in [6, 6.07) is 5.58. The van der Waals surface area contributed by atoms with Crippen LogP contribution in [0.2, 0.25) is 0 Å². The fourth-order valence-corrected chi connectivity index (χ4v) is 2.32. The first-order valence-corrected chi connectivity index (χ1v) is 6.67. The summed E-state index contributed by atoms with van der Waals surface area (Å²) in [5.41, 5.74) is 6.41. The third-order valence-electron chi connectivity index (χ3n) is 3.53. The van der Waals surface area contributed by atoms with Crippen molar-refractivity contribution >= 4 is 11.9 Å². The van der Waals surface area contributed by atoms with E-state index in [1.165, 1.54) is 24.3 Å². The summed E-state index contributed by atoms with van der Waals surface area (Å²) in [6.45, 7) is 0.619. The SMILES string of the molecule is O=C1NC(=NCC(O)c2ccc(F)cc2)NC2NNCC12. The Kier molecular flexibility index (Phi) is 3.82. The lowest BCUT2D eigenvalue weighted by Crippen LogP contribution is -2.61. The van der Waals surface area contributed by atoms with Crippen LogP contribution >= 0.6 is 0 Å². The van der Waals surface area contributed by atoms with E-state index < -0.39 is 6.10 Å². The van der Waals surface area contributed by atoms with Crippen LogP contribution in [0.5, 0.6) is 0 Å². The molecule has 0 bridgehead atoms. The van der Waals surface area contributed by atoms with Gasteiger partial charge in [0.1, 0.15) is 12.0 Å². The van der Waals surface area contributed by atoms with E-state index in [1.54, 1.807) is 0 Å². The summed E-state index contributed by atoms with van der Waals surface area (Å²) < 4.78 is 12.8.